The summed E-state index contributed by atoms with van der Waals surface area (Å²) in [5.74, 6) is 0.825. The van der Waals surface area contributed by atoms with Gasteiger partial charge in [-0.05, 0) is 12.1 Å². The van der Waals surface area contributed by atoms with Crippen LogP contribution in [0.25, 0.3) is 0 Å². The van der Waals surface area contributed by atoms with Gasteiger partial charge in [-0.15, -0.1) is 0 Å². The SMILES string of the molecule is Cn1ccnc1Nn1cccc1. The number of rotatable bonds is 2. The predicted octanol–water partition coefficient (Wildman–Crippen LogP) is 1.10. The van der Waals surface area contributed by atoms with Crippen LogP contribution in [0, 0.1) is 0 Å². The fourth-order valence-electron chi connectivity index (χ4n) is 0.998. The molecule has 0 saturated heterocycles. The van der Waals surface area contributed by atoms with Crippen LogP contribution in [0.5, 0.6) is 0 Å². The Labute approximate surface area is 70.4 Å². The molecule has 2 rings (SSSR count). The average molecular weight is 162 g/mol. The molecule has 0 radical (unpaired) electrons. The Balaban J connectivity index is 2.20. The first-order valence-electron chi connectivity index (χ1n) is 3.73. The summed E-state index contributed by atoms with van der Waals surface area (Å²) in [4.78, 5) is 4.12. The highest BCUT2D eigenvalue weighted by Crippen LogP contribution is 2.01. The minimum atomic E-state index is 0.825. The number of nitrogens with one attached hydrogen (secondary N) is 1. The van der Waals surface area contributed by atoms with E-state index in [1.165, 1.54) is 0 Å². The van der Waals surface area contributed by atoms with E-state index in [1.54, 1.807) is 6.20 Å². The van der Waals surface area contributed by atoms with Gasteiger partial charge in [0.05, 0.1) is 0 Å². The van der Waals surface area contributed by atoms with Crippen molar-refractivity contribution in [2.45, 2.75) is 0 Å². The average Bonchev–Trinajstić information content (AvgIpc) is 2.65. The molecule has 0 atom stereocenters. The quantitative estimate of drug-likeness (QED) is 0.717. The summed E-state index contributed by atoms with van der Waals surface area (Å²) in [6.07, 6.45) is 7.50. The third-order valence-corrected chi connectivity index (χ3v) is 1.65. The summed E-state index contributed by atoms with van der Waals surface area (Å²) in [6.45, 7) is 0. The van der Waals surface area contributed by atoms with Crippen molar-refractivity contribution >= 4 is 5.95 Å². The molecular weight excluding hydrogens is 152 g/mol. The molecule has 4 heteroatoms. The van der Waals surface area contributed by atoms with Crippen molar-refractivity contribution in [1.29, 1.82) is 0 Å². The maximum atomic E-state index is 4.12. The molecule has 0 spiro atoms. The summed E-state index contributed by atoms with van der Waals surface area (Å²) < 4.78 is 3.77. The molecule has 0 fully saturated rings. The summed E-state index contributed by atoms with van der Waals surface area (Å²) in [5, 5.41) is 0. The van der Waals surface area contributed by atoms with Gasteiger partial charge >= 0.3 is 0 Å². The minimum absolute atomic E-state index is 0.825. The van der Waals surface area contributed by atoms with Crippen LogP contribution >= 0.6 is 0 Å². The van der Waals surface area contributed by atoms with Crippen LogP contribution in [-0.4, -0.2) is 14.2 Å². The Bertz CT molecular complexity index is 347. The molecule has 2 heterocycles. The van der Waals surface area contributed by atoms with Crippen molar-refractivity contribution in [2.24, 2.45) is 7.05 Å². The van der Waals surface area contributed by atoms with Crippen LogP contribution in [0.4, 0.5) is 5.95 Å². The zero-order valence-electron chi connectivity index (χ0n) is 6.81. The second-order valence-electron chi connectivity index (χ2n) is 2.56. The molecule has 4 nitrogen and oxygen atoms in total. The summed E-state index contributed by atoms with van der Waals surface area (Å²) in [5.41, 5.74) is 3.10. The highest BCUT2D eigenvalue weighted by molar-refractivity contribution is 5.25. The van der Waals surface area contributed by atoms with Gasteiger partial charge in [-0.1, -0.05) is 0 Å². The molecule has 2 aromatic heterocycles. The van der Waals surface area contributed by atoms with E-state index in [2.05, 4.69) is 10.4 Å². The van der Waals surface area contributed by atoms with Crippen molar-refractivity contribution in [3.05, 3.63) is 36.9 Å². The molecule has 12 heavy (non-hydrogen) atoms. The van der Waals surface area contributed by atoms with Gasteiger partial charge in [-0.3, -0.25) is 10.1 Å². The second kappa shape index (κ2) is 2.73. The summed E-state index contributed by atoms with van der Waals surface area (Å²) in [7, 11) is 1.94. The second-order valence-corrected chi connectivity index (χ2v) is 2.56. The highest BCUT2D eigenvalue weighted by Gasteiger charge is 1.95. The number of hydrogen-bond acceptors (Lipinski definition) is 2. The molecule has 0 amide bonds. The van der Waals surface area contributed by atoms with Crippen LogP contribution in [0.2, 0.25) is 0 Å². The maximum absolute atomic E-state index is 4.12. The molecule has 2 aromatic rings. The molecule has 0 aliphatic rings. The number of hydrogen-bond donors (Lipinski definition) is 1. The van der Waals surface area contributed by atoms with Crippen LogP contribution in [0.3, 0.4) is 0 Å². The van der Waals surface area contributed by atoms with Crippen LogP contribution in [0.15, 0.2) is 36.9 Å². The highest BCUT2D eigenvalue weighted by atomic mass is 15.5. The molecule has 0 unspecified atom stereocenters. The Morgan fingerprint density at radius 3 is 2.58 bits per heavy atom. The largest absolute Gasteiger partial charge is 0.319 e. The van der Waals surface area contributed by atoms with Gasteiger partial charge in [0, 0.05) is 31.8 Å². The first kappa shape index (κ1) is 6.97. The number of nitrogens with zero attached hydrogens (tertiary/aromatic N) is 3. The van der Waals surface area contributed by atoms with Gasteiger partial charge < -0.3 is 4.57 Å². The van der Waals surface area contributed by atoms with Crippen molar-refractivity contribution in [3.8, 4) is 0 Å². The number of anilines is 1. The van der Waals surface area contributed by atoms with Crippen LogP contribution < -0.4 is 5.43 Å². The normalized spacial score (nSPS) is 10.1. The summed E-state index contributed by atoms with van der Waals surface area (Å²) >= 11 is 0. The van der Waals surface area contributed by atoms with E-state index < -0.39 is 0 Å². The van der Waals surface area contributed by atoms with Crippen molar-refractivity contribution in [3.63, 3.8) is 0 Å². The lowest BCUT2D eigenvalue weighted by atomic mass is 10.7. The Morgan fingerprint density at radius 2 is 2.00 bits per heavy atom. The van der Waals surface area contributed by atoms with E-state index in [-0.39, 0.29) is 0 Å². The fraction of sp³-hybridized carbons (Fsp3) is 0.125. The third-order valence-electron chi connectivity index (χ3n) is 1.65. The maximum Gasteiger partial charge on any atom is 0.222 e. The monoisotopic (exact) mass is 162 g/mol. The van der Waals surface area contributed by atoms with Crippen molar-refractivity contribution in [1.82, 2.24) is 14.2 Å². The van der Waals surface area contributed by atoms with E-state index in [0.717, 1.165) is 5.95 Å². The molecule has 0 saturated carbocycles. The zero-order valence-corrected chi connectivity index (χ0v) is 6.81. The fourth-order valence-corrected chi connectivity index (χ4v) is 0.998. The minimum Gasteiger partial charge on any atom is -0.319 e. The number of imidazole rings is 1. The molecule has 62 valence electrons. The third kappa shape index (κ3) is 1.18. The first-order chi connectivity index (χ1) is 5.86. The lowest BCUT2D eigenvalue weighted by Crippen LogP contribution is -2.09. The number of aryl methyl sites for hydroxylation is 1. The van der Waals surface area contributed by atoms with Crippen molar-refractivity contribution in [2.75, 3.05) is 5.43 Å². The van der Waals surface area contributed by atoms with E-state index >= 15 is 0 Å². The first-order valence-corrected chi connectivity index (χ1v) is 3.73. The Hall–Kier alpha value is -1.71. The Morgan fingerprint density at radius 1 is 1.25 bits per heavy atom. The van der Waals surface area contributed by atoms with E-state index in [4.69, 9.17) is 0 Å². The van der Waals surface area contributed by atoms with E-state index in [0.29, 0.717) is 0 Å². The molecule has 0 aliphatic carbocycles. The van der Waals surface area contributed by atoms with Crippen LogP contribution in [0.1, 0.15) is 0 Å². The lowest BCUT2D eigenvalue weighted by molar-refractivity contribution is 0.856. The van der Waals surface area contributed by atoms with Gasteiger partial charge in [0.1, 0.15) is 0 Å². The molecule has 0 bridgehead atoms. The van der Waals surface area contributed by atoms with E-state index in [9.17, 15) is 0 Å². The molecule has 0 aliphatic heterocycles. The molecule has 1 N–H and O–H groups in total. The lowest BCUT2D eigenvalue weighted by Gasteiger charge is -2.05. The van der Waals surface area contributed by atoms with Crippen molar-refractivity contribution < 1.29 is 0 Å². The number of aromatic nitrogens is 3. The van der Waals surface area contributed by atoms with Gasteiger partial charge in [0.15, 0.2) is 0 Å². The van der Waals surface area contributed by atoms with Gasteiger partial charge in [0.25, 0.3) is 0 Å². The smallest absolute Gasteiger partial charge is 0.222 e. The summed E-state index contributed by atoms with van der Waals surface area (Å²) in [6, 6.07) is 3.91. The van der Waals surface area contributed by atoms with Gasteiger partial charge in [-0.2, -0.15) is 0 Å². The standard InChI is InChI=1S/C8H10N4/c1-11-7-4-9-8(11)10-12-5-2-3-6-12/h2-7H,1H3,(H,9,10). The van der Waals surface area contributed by atoms with Crippen LogP contribution in [-0.2, 0) is 7.05 Å². The van der Waals surface area contributed by atoms with Gasteiger partial charge in [-0.25, -0.2) is 4.98 Å². The molecule has 0 aromatic carbocycles. The van der Waals surface area contributed by atoms with Gasteiger partial charge in [0.2, 0.25) is 5.95 Å². The topological polar surface area (TPSA) is 34.8 Å². The van der Waals surface area contributed by atoms with E-state index in [1.807, 2.05) is 47.0 Å². The predicted molar refractivity (Wildman–Crippen MR) is 46.7 cm³/mol. The molecular formula is C8H10N4. The zero-order chi connectivity index (χ0) is 8.39. The Kier molecular flexibility index (Phi) is 1.59.